The highest BCUT2D eigenvalue weighted by molar-refractivity contribution is 5.95. The van der Waals surface area contributed by atoms with Crippen molar-refractivity contribution < 1.29 is 32.6 Å². The third-order valence-corrected chi connectivity index (χ3v) is 8.22. The third-order valence-electron chi connectivity index (χ3n) is 8.22. The van der Waals surface area contributed by atoms with Gasteiger partial charge in [0.05, 0.1) is 48.7 Å². The molecule has 2 aromatic carbocycles. The molecule has 1 amide bonds. The molecule has 1 aliphatic carbocycles. The highest BCUT2D eigenvalue weighted by Gasteiger charge is 2.36. The predicted octanol–water partition coefficient (Wildman–Crippen LogP) is 5.27. The average Bonchev–Trinajstić information content (AvgIpc) is 3.62. The van der Waals surface area contributed by atoms with E-state index in [-0.39, 0.29) is 55.8 Å². The molecule has 2 aliphatic rings. The number of halogens is 2. The van der Waals surface area contributed by atoms with Gasteiger partial charge in [0.2, 0.25) is 11.8 Å². The molecule has 0 radical (unpaired) electrons. The second kappa shape index (κ2) is 10.6. The number of carbonyl (C=O) groups is 2. The van der Waals surface area contributed by atoms with E-state index in [2.05, 4.69) is 4.98 Å². The molecule has 2 atom stereocenters. The van der Waals surface area contributed by atoms with Gasteiger partial charge >= 0.3 is 5.97 Å². The van der Waals surface area contributed by atoms with Gasteiger partial charge in [-0.3, -0.25) is 9.59 Å². The van der Waals surface area contributed by atoms with Crippen molar-refractivity contribution in [3.63, 3.8) is 0 Å². The van der Waals surface area contributed by atoms with Crippen LogP contribution in [0.4, 0.5) is 8.78 Å². The van der Waals surface area contributed by atoms with Gasteiger partial charge in [0.1, 0.15) is 17.5 Å². The second-order valence-electron chi connectivity index (χ2n) is 11.0. The maximum absolute atomic E-state index is 14.4. The normalized spacial score (nSPS) is 23.3. The van der Waals surface area contributed by atoms with Crippen molar-refractivity contribution in [2.24, 2.45) is 13.0 Å². The van der Waals surface area contributed by atoms with Crippen LogP contribution in [0.2, 0.25) is 0 Å². The lowest BCUT2D eigenvalue weighted by Gasteiger charge is -2.29. The summed E-state index contributed by atoms with van der Waals surface area (Å²) in [5.41, 5.74) is 3.37. The number of aryl methyl sites for hydroxylation is 1. The molecule has 3 heterocycles. The number of ether oxygens (including phenoxy) is 1. The summed E-state index contributed by atoms with van der Waals surface area (Å²) in [7, 11) is 1.83. The van der Waals surface area contributed by atoms with E-state index >= 15 is 0 Å². The van der Waals surface area contributed by atoms with Gasteiger partial charge in [-0.1, -0.05) is 6.07 Å². The summed E-state index contributed by atoms with van der Waals surface area (Å²) in [5.74, 6) is -1.19. The molecule has 0 spiro atoms. The number of rotatable bonds is 7. The summed E-state index contributed by atoms with van der Waals surface area (Å²) in [6.45, 7) is 0.281. The lowest BCUT2D eigenvalue weighted by molar-refractivity contribution is -0.144. The fourth-order valence-corrected chi connectivity index (χ4v) is 6.04. The highest BCUT2D eigenvalue weighted by Crippen LogP contribution is 2.33. The van der Waals surface area contributed by atoms with Crippen LogP contribution >= 0.6 is 0 Å². The van der Waals surface area contributed by atoms with E-state index in [1.54, 1.807) is 23.1 Å². The number of carboxylic acid groups (broad SMARTS) is 1. The summed E-state index contributed by atoms with van der Waals surface area (Å²) in [6, 6.07) is 9.62. The van der Waals surface area contributed by atoms with Crippen LogP contribution in [-0.4, -0.2) is 62.9 Å². The molecular weight excluding hydrogens is 520 g/mol. The number of aliphatic carboxylic acids is 1. The zero-order valence-electron chi connectivity index (χ0n) is 22.2. The molecule has 40 heavy (non-hydrogen) atoms. The molecule has 1 saturated carbocycles. The maximum Gasteiger partial charge on any atom is 0.306 e. The SMILES string of the molecule is Cn1cc(-c2nc3ccc(CC(=O)N4C[C@@H](F)C[C@H]4CO[C@H]4CC[C@H](C(=O)O)CC4)cc3o2)c2ccc(F)cc21. The molecule has 0 unspecified atom stereocenters. The molecule has 1 N–H and O–H groups in total. The van der Waals surface area contributed by atoms with Gasteiger partial charge in [-0.05, 0) is 61.6 Å². The van der Waals surface area contributed by atoms with Crippen LogP contribution in [-0.2, 0) is 27.8 Å². The lowest BCUT2D eigenvalue weighted by atomic mass is 9.87. The third kappa shape index (κ3) is 5.20. The first-order valence-corrected chi connectivity index (χ1v) is 13.7. The summed E-state index contributed by atoms with van der Waals surface area (Å²) in [5, 5.41) is 10.0. The first kappa shape index (κ1) is 26.4. The largest absolute Gasteiger partial charge is 0.481 e. The number of amides is 1. The van der Waals surface area contributed by atoms with E-state index in [0.717, 1.165) is 22.0 Å². The maximum atomic E-state index is 14.4. The van der Waals surface area contributed by atoms with Crippen molar-refractivity contribution >= 4 is 33.9 Å². The number of benzene rings is 2. The highest BCUT2D eigenvalue weighted by atomic mass is 19.1. The first-order valence-electron chi connectivity index (χ1n) is 13.7. The van der Waals surface area contributed by atoms with Gasteiger partial charge < -0.3 is 23.7 Å². The average molecular weight is 552 g/mol. The zero-order chi connectivity index (χ0) is 28.0. The Kier molecular flexibility index (Phi) is 7.04. The lowest BCUT2D eigenvalue weighted by Crippen LogP contribution is -2.40. The van der Waals surface area contributed by atoms with Gasteiger partial charge in [-0.25, -0.2) is 13.8 Å². The molecule has 0 bridgehead atoms. The molecular formula is C30H31F2N3O5. The number of aromatic nitrogens is 2. The van der Waals surface area contributed by atoms with Crippen molar-refractivity contribution in [1.29, 1.82) is 0 Å². The van der Waals surface area contributed by atoms with Gasteiger partial charge in [0.15, 0.2) is 5.58 Å². The predicted molar refractivity (Wildman–Crippen MR) is 144 cm³/mol. The molecule has 1 saturated heterocycles. The van der Waals surface area contributed by atoms with Gasteiger partial charge in [0.25, 0.3) is 0 Å². The van der Waals surface area contributed by atoms with E-state index in [9.17, 15) is 23.5 Å². The summed E-state index contributed by atoms with van der Waals surface area (Å²) < 4.78 is 42.0. The minimum atomic E-state index is -1.10. The standard InChI is InChI=1S/C30H31F2N3O5/c1-34-15-24(23-8-5-19(31)13-26(23)34)29-33-25-9-2-17(10-27(25)40-29)11-28(36)35-14-20(32)12-21(35)16-39-22-6-3-18(4-7-22)30(37)38/h2,5,8-10,13,15,18,20-22H,3-4,6-7,11-12,14,16H2,1H3,(H,37,38)/t18-,20-,21-,22-/m0/s1. The number of carbonyl (C=O) groups excluding carboxylic acids is 1. The summed E-state index contributed by atoms with van der Waals surface area (Å²) >= 11 is 0. The topological polar surface area (TPSA) is 97.8 Å². The Morgan fingerprint density at radius 1 is 1.15 bits per heavy atom. The van der Waals surface area contributed by atoms with Gasteiger partial charge in [0, 0.05) is 25.1 Å². The van der Waals surface area contributed by atoms with E-state index in [0.29, 0.717) is 42.7 Å². The molecule has 8 nitrogen and oxygen atoms in total. The molecule has 1 aliphatic heterocycles. The van der Waals surface area contributed by atoms with Gasteiger partial charge in [-0.15, -0.1) is 0 Å². The molecule has 2 fully saturated rings. The summed E-state index contributed by atoms with van der Waals surface area (Å²) in [4.78, 5) is 30.6. The number of hydrogen-bond donors (Lipinski definition) is 1. The Balaban J connectivity index is 1.13. The Hall–Kier alpha value is -3.79. The molecule has 4 aromatic rings. The number of oxazole rings is 1. The quantitative estimate of drug-likeness (QED) is 0.336. The van der Waals surface area contributed by atoms with Crippen LogP contribution in [0.15, 0.2) is 47.0 Å². The van der Waals surface area contributed by atoms with E-state index in [1.807, 2.05) is 23.9 Å². The minimum Gasteiger partial charge on any atom is -0.481 e. The van der Waals surface area contributed by atoms with E-state index < -0.39 is 12.1 Å². The Morgan fingerprint density at radius 3 is 2.73 bits per heavy atom. The van der Waals surface area contributed by atoms with Crippen molar-refractivity contribution in [3.05, 3.63) is 54.0 Å². The second-order valence-corrected chi connectivity index (χ2v) is 11.0. The smallest absolute Gasteiger partial charge is 0.306 e. The Morgan fingerprint density at radius 2 is 1.95 bits per heavy atom. The molecule has 210 valence electrons. The van der Waals surface area contributed by atoms with Crippen molar-refractivity contribution in [2.45, 2.75) is 56.8 Å². The Labute approximate surface area is 229 Å². The number of likely N-dealkylation sites (tertiary alicyclic amines) is 1. The monoisotopic (exact) mass is 551 g/mol. The van der Waals surface area contributed by atoms with E-state index in [4.69, 9.17) is 9.15 Å². The van der Waals surface area contributed by atoms with Crippen LogP contribution < -0.4 is 0 Å². The molecule has 10 heteroatoms. The van der Waals surface area contributed by atoms with Crippen LogP contribution in [0.5, 0.6) is 0 Å². The molecule has 6 rings (SSSR count). The van der Waals surface area contributed by atoms with Crippen LogP contribution in [0.1, 0.15) is 37.7 Å². The van der Waals surface area contributed by atoms with Crippen LogP contribution in [0.25, 0.3) is 33.5 Å². The molecule has 2 aromatic heterocycles. The van der Waals surface area contributed by atoms with E-state index in [1.165, 1.54) is 12.1 Å². The zero-order valence-corrected chi connectivity index (χ0v) is 22.2. The number of nitrogens with zero attached hydrogens (tertiary/aromatic N) is 3. The Bertz CT molecular complexity index is 1570. The first-order chi connectivity index (χ1) is 19.2. The number of alkyl halides is 1. The van der Waals surface area contributed by atoms with Crippen LogP contribution in [0, 0.1) is 11.7 Å². The fourth-order valence-electron chi connectivity index (χ4n) is 6.04. The van der Waals surface area contributed by atoms with Crippen LogP contribution in [0.3, 0.4) is 0 Å². The fraction of sp³-hybridized carbons (Fsp3) is 0.433. The minimum absolute atomic E-state index is 0.0367. The summed E-state index contributed by atoms with van der Waals surface area (Å²) in [6.07, 6.45) is 3.47. The number of fused-ring (bicyclic) bond motifs is 2. The number of hydrogen-bond acceptors (Lipinski definition) is 5. The van der Waals surface area contributed by atoms with Crippen molar-refractivity contribution in [3.8, 4) is 11.5 Å². The van der Waals surface area contributed by atoms with Crippen molar-refractivity contribution in [1.82, 2.24) is 14.5 Å². The van der Waals surface area contributed by atoms with Gasteiger partial charge in [-0.2, -0.15) is 0 Å². The van der Waals surface area contributed by atoms with Crippen molar-refractivity contribution in [2.75, 3.05) is 13.2 Å². The number of carboxylic acids is 1.